The van der Waals surface area contributed by atoms with Gasteiger partial charge in [0.2, 0.25) is 0 Å². The van der Waals surface area contributed by atoms with Crippen LogP contribution in [-0.2, 0) is 0 Å². The zero-order chi connectivity index (χ0) is 11.7. The van der Waals surface area contributed by atoms with Crippen molar-refractivity contribution in [3.05, 3.63) is 29.8 Å². The van der Waals surface area contributed by atoms with E-state index in [1.807, 2.05) is 24.3 Å². The number of nitrogens with one attached hydrogen (secondary N) is 1. The molecule has 3 unspecified atom stereocenters. The predicted octanol–water partition coefficient (Wildman–Crippen LogP) is 2.06. The topological polar surface area (TPSA) is 39.1 Å². The minimum atomic E-state index is 0.545. The number of fused-ring (bicyclic) bond motifs is 2. The molecule has 1 aromatic rings. The molecule has 0 spiro atoms. The Morgan fingerprint density at radius 3 is 2.94 bits per heavy atom. The highest BCUT2D eigenvalue weighted by Crippen LogP contribution is 2.30. The van der Waals surface area contributed by atoms with Gasteiger partial charge in [0.1, 0.15) is 6.07 Å². The van der Waals surface area contributed by atoms with Crippen molar-refractivity contribution < 1.29 is 0 Å². The fourth-order valence-corrected chi connectivity index (χ4v) is 3.05. The summed E-state index contributed by atoms with van der Waals surface area (Å²) in [5, 5.41) is 12.7. The van der Waals surface area contributed by atoms with Gasteiger partial charge in [-0.2, -0.15) is 5.26 Å². The maximum absolute atomic E-state index is 9.08. The first kappa shape index (κ1) is 10.6. The minimum Gasteiger partial charge on any atom is -0.381 e. The third-order valence-electron chi connectivity index (χ3n) is 4.02. The van der Waals surface area contributed by atoms with Crippen molar-refractivity contribution in [1.82, 2.24) is 4.90 Å². The Morgan fingerprint density at radius 2 is 2.06 bits per heavy atom. The van der Waals surface area contributed by atoms with E-state index in [1.165, 1.54) is 32.5 Å². The highest BCUT2D eigenvalue weighted by molar-refractivity contribution is 5.57. The molecule has 88 valence electrons. The van der Waals surface area contributed by atoms with Crippen LogP contribution in [0.1, 0.15) is 18.4 Å². The molecule has 17 heavy (non-hydrogen) atoms. The zero-order valence-electron chi connectivity index (χ0n) is 9.89. The molecule has 0 aromatic heterocycles. The summed E-state index contributed by atoms with van der Waals surface area (Å²) in [6, 6.07) is 10.6. The van der Waals surface area contributed by atoms with Gasteiger partial charge in [-0.3, -0.25) is 0 Å². The van der Waals surface area contributed by atoms with Gasteiger partial charge in [0, 0.05) is 19.1 Å². The number of para-hydroxylation sites is 1. The molecule has 0 saturated carbocycles. The van der Waals surface area contributed by atoms with E-state index in [-0.39, 0.29) is 0 Å². The van der Waals surface area contributed by atoms with Gasteiger partial charge < -0.3 is 10.2 Å². The molecular weight excluding hydrogens is 210 g/mol. The first-order valence-electron chi connectivity index (χ1n) is 6.35. The van der Waals surface area contributed by atoms with E-state index in [2.05, 4.69) is 16.3 Å². The van der Waals surface area contributed by atoms with Crippen LogP contribution < -0.4 is 5.32 Å². The van der Waals surface area contributed by atoms with Gasteiger partial charge in [-0.15, -0.1) is 0 Å². The fraction of sp³-hybridized carbons (Fsp3) is 0.500. The minimum absolute atomic E-state index is 0.545. The van der Waals surface area contributed by atoms with E-state index in [9.17, 15) is 0 Å². The Bertz CT molecular complexity index is 449. The molecule has 1 N–H and O–H groups in total. The lowest BCUT2D eigenvalue weighted by molar-refractivity contribution is 0.255. The summed E-state index contributed by atoms with van der Waals surface area (Å²) in [6.45, 7) is 3.68. The van der Waals surface area contributed by atoms with Gasteiger partial charge in [0.25, 0.3) is 0 Å². The summed E-state index contributed by atoms with van der Waals surface area (Å²) in [4.78, 5) is 2.54. The summed E-state index contributed by atoms with van der Waals surface area (Å²) in [5.74, 6) is 0.760. The number of nitrogens with zero attached hydrogens (tertiary/aromatic N) is 2. The molecule has 0 amide bonds. The van der Waals surface area contributed by atoms with E-state index in [4.69, 9.17) is 5.26 Å². The van der Waals surface area contributed by atoms with Gasteiger partial charge in [-0.25, -0.2) is 0 Å². The zero-order valence-corrected chi connectivity index (χ0v) is 9.89. The predicted molar refractivity (Wildman–Crippen MR) is 67.7 cm³/mol. The largest absolute Gasteiger partial charge is 0.381 e. The van der Waals surface area contributed by atoms with E-state index >= 15 is 0 Å². The lowest BCUT2D eigenvalue weighted by Crippen LogP contribution is -2.39. The first-order valence-corrected chi connectivity index (χ1v) is 6.35. The third-order valence-corrected chi connectivity index (χ3v) is 4.02. The van der Waals surface area contributed by atoms with Gasteiger partial charge in [-0.05, 0) is 37.4 Å². The van der Waals surface area contributed by atoms with Crippen LogP contribution in [0.5, 0.6) is 0 Å². The maximum atomic E-state index is 9.08. The number of rotatable bonds is 2. The molecule has 2 aliphatic rings. The lowest BCUT2D eigenvalue weighted by atomic mass is 9.93. The summed E-state index contributed by atoms with van der Waals surface area (Å²) >= 11 is 0. The molecule has 0 aliphatic carbocycles. The quantitative estimate of drug-likeness (QED) is 0.840. The molecular formula is C14H17N3. The molecule has 1 aromatic carbocycles. The van der Waals surface area contributed by atoms with Crippen LogP contribution in [0.3, 0.4) is 0 Å². The number of piperidine rings is 1. The second-order valence-electron chi connectivity index (χ2n) is 5.05. The molecule has 2 fully saturated rings. The van der Waals surface area contributed by atoms with Gasteiger partial charge in [-0.1, -0.05) is 12.1 Å². The van der Waals surface area contributed by atoms with E-state index in [1.54, 1.807) is 0 Å². The smallest absolute Gasteiger partial charge is 0.101 e. The van der Waals surface area contributed by atoms with Crippen LogP contribution in [0.4, 0.5) is 5.69 Å². The maximum Gasteiger partial charge on any atom is 0.101 e. The average Bonchev–Trinajstić information content (AvgIpc) is 2.76. The van der Waals surface area contributed by atoms with Crippen molar-refractivity contribution in [3.63, 3.8) is 0 Å². The molecule has 2 aliphatic heterocycles. The third kappa shape index (κ3) is 2.01. The van der Waals surface area contributed by atoms with E-state index < -0.39 is 0 Å². The van der Waals surface area contributed by atoms with Gasteiger partial charge >= 0.3 is 0 Å². The van der Waals surface area contributed by atoms with Crippen LogP contribution >= 0.6 is 0 Å². The highest BCUT2D eigenvalue weighted by Gasteiger charge is 2.34. The molecule has 3 heteroatoms. The van der Waals surface area contributed by atoms with Crippen molar-refractivity contribution >= 4 is 5.69 Å². The Labute approximate surface area is 102 Å². The Morgan fingerprint density at radius 1 is 1.24 bits per heavy atom. The fourth-order valence-electron chi connectivity index (χ4n) is 3.05. The summed E-state index contributed by atoms with van der Waals surface area (Å²) in [7, 11) is 0. The van der Waals surface area contributed by atoms with Crippen molar-refractivity contribution in [3.8, 4) is 6.07 Å². The van der Waals surface area contributed by atoms with Crippen molar-refractivity contribution in [2.45, 2.75) is 18.9 Å². The number of hydrogen-bond acceptors (Lipinski definition) is 3. The Kier molecular flexibility index (Phi) is 2.74. The van der Waals surface area contributed by atoms with Gasteiger partial charge in [0.05, 0.1) is 11.3 Å². The normalized spacial score (nSPS) is 30.9. The molecule has 3 rings (SSSR count). The monoisotopic (exact) mass is 227 g/mol. The summed E-state index contributed by atoms with van der Waals surface area (Å²) in [6.07, 6.45) is 2.50. The molecule has 0 radical (unpaired) electrons. The van der Waals surface area contributed by atoms with Crippen LogP contribution in [0, 0.1) is 17.2 Å². The summed E-state index contributed by atoms with van der Waals surface area (Å²) in [5.41, 5.74) is 1.76. The standard InChI is InChI=1S/C14H17N3/c15-9-11-3-1-2-4-13(11)16-14-6-8-17-7-5-12(14)10-17/h1-4,12,14,16H,5-8,10H2. The molecule has 3 nitrogen and oxygen atoms in total. The molecule has 2 bridgehead atoms. The Balaban J connectivity index is 1.76. The van der Waals surface area contributed by atoms with Crippen LogP contribution in [0.25, 0.3) is 0 Å². The number of nitriles is 1. The molecule has 3 atom stereocenters. The van der Waals surface area contributed by atoms with E-state index in [0.29, 0.717) is 6.04 Å². The first-order chi connectivity index (χ1) is 8.36. The van der Waals surface area contributed by atoms with Crippen molar-refractivity contribution in [1.29, 1.82) is 5.26 Å². The molecule has 2 heterocycles. The van der Waals surface area contributed by atoms with Gasteiger partial charge in [0.15, 0.2) is 0 Å². The molecule has 2 saturated heterocycles. The lowest BCUT2D eigenvalue weighted by Gasteiger charge is -2.31. The van der Waals surface area contributed by atoms with E-state index in [0.717, 1.165) is 17.2 Å². The van der Waals surface area contributed by atoms with Crippen LogP contribution in [0.15, 0.2) is 24.3 Å². The second kappa shape index (κ2) is 4.38. The van der Waals surface area contributed by atoms with Crippen LogP contribution in [-0.4, -0.2) is 30.6 Å². The summed E-state index contributed by atoms with van der Waals surface area (Å²) < 4.78 is 0. The Hall–Kier alpha value is -1.53. The number of hydrogen-bond donors (Lipinski definition) is 1. The average molecular weight is 227 g/mol. The van der Waals surface area contributed by atoms with Crippen molar-refractivity contribution in [2.24, 2.45) is 5.92 Å². The SMILES string of the molecule is N#Cc1ccccc1NC1CCN2CCC1C2. The van der Waals surface area contributed by atoms with Crippen molar-refractivity contribution in [2.75, 3.05) is 25.0 Å². The van der Waals surface area contributed by atoms with Crippen LogP contribution in [0.2, 0.25) is 0 Å². The highest BCUT2D eigenvalue weighted by atomic mass is 15.2. The second-order valence-corrected chi connectivity index (χ2v) is 5.05. The number of anilines is 1. The number of benzene rings is 1.